The van der Waals surface area contributed by atoms with Crippen molar-refractivity contribution in [1.29, 1.82) is 0 Å². The number of rotatable bonds is 5. The summed E-state index contributed by atoms with van der Waals surface area (Å²) in [6, 6.07) is 8.12. The van der Waals surface area contributed by atoms with Crippen LogP contribution >= 0.6 is 23.1 Å². The second-order valence-electron chi connectivity index (χ2n) is 6.04. The summed E-state index contributed by atoms with van der Waals surface area (Å²) < 4.78 is 18.3. The molecule has 0 radical (unpaired) electrons. The Morgan fingerprint density at radius 3 is 2.96 bits per heavy atom. The standard InChI is InChI=1S/C18H16FN3O2S2/c19-14-1-3-15(4-2-14)26-11-16(23)22-7-5-12(9-22)17-20-18(24-21-17)13-6-8-25-10-13/h1-4,6,8,10,12H,5,7,9,11H2. The van der Waals surface area contributed by atoms with E-state index in [-0.39, 0.29) is 17.6 Å². The molecule has 1 amide bonds. The van der Waals surface area contributed by atoms with Crippen molar-refractivity contribution in [3.05, 3.63) is 52.7 Å². The lowest BCUT2D eigenvalue weighted by Crippen LogP contribution is -2.30. The fraction of sp³-hybridized carbons (Fsp3) is 0.278. The van der Waals surface area contributed by atoms with Crippen molar-refractivity contribution >= 4 is 29.0 Å². The third-order valence-electron chi connectivity index (χ3n) is 4.29. The molecule has 4 rings (SSSR count). The second kappa shape index (κ2) is 7.59. The number of hydrogen-bond acceptors (Lipinski definition) is 6. The quantitative estimate of drug-likeness (QED) is 0.616. The zero-order valence-electron chi connectivity index (χ0n) is 13.8. The summed E-state index contributed by atoms with van der Waals surface area (Å²) in [5, 5.41) is 8.02. The maximum atomic E-state index is 12.9. The first-order valence-electron chi connectivity index (χ1n) is 8.21. The van der Waals surface area contributed by atoms with E-state index in [1.807, 2.05) is 21.7 Å². The van der Waals surface area contributed by atoms with Gasteiger partial charge in [0.1, 0.15) is 5.82 Å². The van der Waals surface area contributed by atoms with Crippen molar-refractivity contribution < 1.29 is 13.7 Å². The molecule has 1 aromatic carbocycles. The highest BCUT2D eigenvalue weighted by Gasteiger charge is 2.30. The van der Waals surface area contributed by atoms with E-state index in [0.29, 0.717) is 30.6 Å². The smallest absolute Gasteiger partial charge is 0.258 e. The lowest BCUT2D eigenvalue weighted by atomic mass is 10.1. The monoisotopic (exact) mass is 389 g/mol. The van der Waals surface area contributed by atoms with Crippen LogP contribution in [0.2, 0.25) is 0 Å². The van der Waals surface area contributed by atoms with Crippen LogP contribution in [0.3, 0.4) is 0 Å². The molecule has 1 atom stereocenters. The summed E-state index contributed by atoms with van der Waals surface area (Å²) in [6.45, 7) is 1.29. The zero-order valence-corrected chi connectivity index (χ0v) is 15.4. The van der Waals surface area contributed by atoms with E-state index in [1.54, 1.807) is 23.5 Å². The van der Waals surface area contributed by atoms with Crippen molar-refractivity contribution in [2.24, 2.45) is 0 Å². The van der Waals surface area contributed by atoms with Crippen LogP contribution in [-0.2, 0) is 4.79 Å². The zero-order chi connectivity index (χ0) is 17.9. The van der Waals surface area contributed by atoms with Crippen molar-refractivity contribution in [2.75, 3.05) is 18.8 Å². The Bertz CT molecular complexity index is 880. The normalized spacial score (nSPS) is 17.0. The molecule has 1 saturated heterocycles. The number of likely N-dealkylation sites (tertiary alicyclic amines) is 1. The molecular formula is C18H16FN3O2S2. The van der Waals surface area contributed by atoms with Crippen LogP contribution < -0.4 is 0 Å². The first-order valence-corrected chi connectivity index (χ1v) is 10.1. The van der Waals surface area contributed by atoms with Crippen molar-refractivity contribution in [1.82, 2.24) is 15.0 Å². The fourth-order valence-corrected chi connectivity index (χ4v) is 4.30. The number of nitrogens with zero attached hydrogens (tertiary/aromatic N) is 3. The Morgan fingerprint density at radius 1 is 1.35 bits per heavy atom. The molecule has 1 unspecified atom stereocenters. The largest absolute Gasteiger partial charge is 0.341 e. The second-order valence-corrected chi connectivity index (χ2v) is 7.87. The number of hydrogen-bond donors (Lipinski definition) is 0. The van der Waals surface area contributed by atoms with E-state index in [1.165, 1.54) is 23.9 Å². The summed E-state index contributed by atoms with van der Waals surface area (Å²) in [7, 11) is 0. The first kappa shape index (κ1) is 17.2. The summed E-state index contributed by atoms with van der Waals surface area (Å²) in [4.78, 5) is 19.6. The Morgan fingerprint density at radius 2 is 2.19 bits per heavy atom. The van der Waals surface area contributed by atoms with E-state index < -0.39 is 0 Å². The number of halogens is 1. The topological polar surface area (TPSA) is 59.2 Å². The highest BCUT2D eigenvalue weighted by Crippen LogP contribution is 2.29. The van der Waals surface area contributed by atoms with Gasteiger partial charge in [0.2, 0.25) is 5.91 Å². The third kappa shape index (κ3) is 3.81. The van der Waals surface area contributed by atoms with Crippen LogP contribution in [0, 0.1) is 5.82 Å². The summed E-state index contributed by atoms with van der Waals surface area (Å²) >= 11 is 3.00. The number of thiophene rings is 1. The molecule has 1 aliphatic heterocycles. The minimum absolute atomic E-state index is 0.0726. The highest BCUT2D eigenvalue weighted by atomic mass is 32.2. The first-order chi connectivity index (χ1) is 12.7. The SMILES string of the molecule is O=C(CSc1ccc(F)cc1)N1CCC(c2noc(-c3ccsc3)n2)C1. The molecule has 3 heterocycles. The molecular weight excluding hydrogens is 373 g/mol. The molecule has 0 aliphatic carbocycles. The van der Waals surface area contributed by atoms with E-state index >= 15 is 0 Å². The maximum absolute atomic E-state index is 12.9. The Balaban J connectivity index is 1.33. The number of aromatic nitrogens is 2. The summed E-state index contributed by atoms with van der Waals surface area (Å²) in [6.07, 6.45) is 0.829. The van der Waals surface area contributed by atoms with Crippen LogP contribution in [0.1, 0.15) is 18.2 Å². The van der Waals surface area contributed by atoms with Gasteiger partial charge in [0.15, 0.2) is 5.82 Å². The van der Waals surface area contributed by atoms with E-state index in [4.69, 9.17) is 4.52 Å². The molecule has 8 heteroatoms. The van der Waals surface area contributed by atoms with Crippen molar-refractivity contribution in [2.45, 2.75) is 17.2 Å². The summed E-state index contributed by atoms with van der Waals surface area (Å²) in [5.41, 5.74) is 0.926. The molecule has 26 heavy (non-hydrogen) atoms. The maximum Gasteiger partial charge on any atom is 0.258 e. The van der Waals surface area contributed by atoms with Crippen LogP contribution in [0.4, 0.5) is 4.39 Å². The minimum Gasteiger partial charge on any atom is -0.341 e. The van der Waals surface area contributed by atoms with Gasteiger partial charge in [-0.3, -0.25) is 4.79 Å². The van der Waals surface area contributed by atoms with Gasteiger partial charge in [-0.2, -0.15) is 16.3 Å². The number of thioether (sulfide) groups is 1. The Labute approximate surface area is 158 Å². The van der Waals surface area contributed by atoms with Gasteiger partial charge in [-0.25, -0.2) is 4.39 Å². The lowest BCUT2D eigenvalue weighted by Gasteiger charge is -2.15. The molecule has 1 aliphatic rings. The third-order valence-corrected chi connectivity index (χ3v) is 5.97. The Hall–Kier alpha value is -2.19. The van der Waals surface area contributed by atoms with E-state index in [0.717, 1.165) is 16.9 Å². The van der Waals surface area contributed by atoms with Gasteiger partial charge in [0, 0.05) is 29.3 Å². The lowest BCUT2D eigenvalue weighted by molar-refractivity contribution is -0.127. The van der Waals surface area contributed by atoms with Crippen LogP contribution in [0.5, 0.6) is 0 Å². The predicted octanol–water partition coefficient (Wildman–Crippen LogP) is 4.05. The summed E-state index contributed by atoms with van der Waals surface area (Å²) in [5.74, 6) is 1.43. The van der Waals surface area contributed by atoms with Gasteiger partial charge < -0.3 is 9.42 Å². The van der Waals surface area contributed by atoms with Gasteiger partial charge >= 0.3 is 0 Å². The molecule has 1 fully saturated rings. The fourth-order valence-electron chi connectivity index (χ4n) is 2.87. The highest BCUT2D eigenvalue weighted by molar-refractivity contribution is 8.00. The van der Waals surface area contributed by atoms with Gasteiger partial charge in [-0.05, 0) is 42.1 Å². The average Bonchev–Trinajstić information content (AvgIpc) is 3.41. The van der Waals surface area contributed by atoms with Crippen LogP contribution in [-0.4, -0.2) is 39.8 Å². The molecule has 0 bridgehead atoms. The molecule has 5 nitrogen and oxygen atoms in total. The molecule has 134 valence electrons. The van der Waals surface area contributed by atoms with Crippen LogP contribution in [0.25, 0.3) is 11.5 Å². The van der Waals surface area contributed by atoms with E-state index in [9.17, 15) is 9.18 Å². The molecule has 0 spiro atoms. The number of carbonyl (C=O) groups excluding carboxylic acids is 1. The van der Waals surface area contributed by atoms with Crippen molar-refractivity contribution in [3.8, 4) is 11.5 Å². The van der Waals surface area contributed by atoms with Crippen molar-refractivity contribution in [3.63, 3.8) is 0 Å². The van der Waals surface area contributed by atoms with Gasteiger partial charge in [0.05, 0.1) is 11.3 Å². The molecule has 2 aromatic heterocycles. The minimum atomic E-state index is -0.273. The van der Waals surface area contributed by atoms with Gasteiger partial charge in [0.25, 0.3) is 5.89 Å². The number of carbonyl (C=O) groups is 1. The Kier molecular flexibility index (Phi) is 5.03. The van der Waals surface area contributed by atoms with Gasteiger partial charge in [-0.1, -0.05) is 5.16 Å². The molecule has 0 N–H and O–H groups in total. The average molecular weight is 389 g/mol. The molecule has 3 aromatic rings. The van der Waals surface area contributed by atoms with E-state index in [2.05, 4.69) is 10.1 Å². The number of benzene rings is 1. The number of amides is 1. The predicted molar refractivity (Wildman–Crippen MR) is 98.7 cm³/mol. The molecule has 0 saturated carbocycles. The van der Waals surface area contributed by atoms with Gasteiger partial charge in [-0.15, -0.1) is 11.8 Å². The van der Waals surface area contributed by atoms with Crippen LogP contribution in [0.15, 0.2) is 50.5 Å².